The number of amides is 1. The third kappa shape index (κ3) is 3.62. The van der Waals surface area contributed by atoms with Crippen molar-refractivity contribution in [2.45, 2.75) is 45.7 Å². The van der Waals surface area contributed by atoms with Crippen LogP contribution in [0.25, 0.3) is 0 Å². The average molecular weight is 310 g/mol. The fourth-order valence-electron chi connectivity index (χ4n) is 2.84. The lowest BCUT2D eigenvalue weighted by Crippen LogP contribution is -2.46. The number of nitro groups is 1. The molecule has 1 aliphatic rings. The first-order valence-electron chi connectivity index (χ1n) is 7.50. The van der Waals surface area contributed by atoms with Crippen molar-refractivity contribution in [3.8, 4) is 0 Å². The van der Waals surface area contributed by atoms with Crippen molar-refractivity contribution in [3.05, 3.63) is 22.1 Å². The van der Waals surface area contributed by atoms with E-state index in [2.05, 4.69) is 4.98 Å². The van der Waals surface area contributed by atoms with Crippen molar-refractivity contribution in [2.75, 3.05) is 13.2 Å². The van der Waals surface area contributed by atoms with Gasteiger partial charge >= 0.3 is 5.82 Å². The molecule has 0 radical (unpaired) electrons. The van der Waals surface area contributed by atoms with E-state index in [-0.39, 0.29) is 36.7 Å². The molecule has 0 saturated carbocycles. The zero-order valence-corrected chi connectivity index (χ0v) is 12.9. The lowest BCUT2D eigenvalue weighted by molar-refractivity contribution is -0.389. The number of aliphatic hydroxyl groups excluding tert-OH is 1. The Labute approximate surface area is 128 Å². The van der Waals surface area contributed by atoms with Gasteiger partial charge in [0.15, 0.2) is 0 Å². The molecule has 1 N–H and O–H groups in total. The predicted octanol–water partition coefficient (Wildman–Crippen LogP) is 1.11. The molecule has 2 unspecified atom stereocenters. The fraction of sp³-hybridized carbons (Fsp3) is 0.714. The van der Waals surface area contributed by atoms with Crippen LogP contribution in [-0.2, 0) is 11.3 Å². The second-order valence-corrected chi connectivity index (χ2v) is 5.87. The van der Waals surface area contributed by atoms with Crippen molar-refractivity contribution >= 4 is 11.7 Å². The predicted molar refractivity (Wildman–Crippen MR) is 79.2 cm³/mol. The van der Waals surface area contributed by atoms with Crippen LogP contribution in [0.5, 0.6) is 0 Å². The van der Waals surface area contributed by atoms with Crippen LogP contribution in [0.4, 0.5) is 5.82 Å². The standard InChI is InChI=1S/C14H22N4O4/c1-10-3-4-12(9-19)7-17(10)14(20)5-6-16-8-13(18(21)22)15-11(16)2/h8,10,12,19H,3-7,9H2,1-2H3. The molecule has 1 aromatic heterocycles. The highest BCUT2D eigenvalue weighted by Crippen LogP contribution is 2.22. The summed E-state index contributed by atoms with van der Waals surface area (Å²) in [5, 5.41) is 20.0. The number of carbonyl (C=O) groups excluding carboxylic acids is 1. The van der Waals surface area contributed by atoms with Gasteiger partial charge in [0.25, 0.3) is 0 Å². The third-order valence-corrected chi connectivity index (χ3v) is 4.28. The number of rotatable bonds is 5. The van der Waals surface area contributed by atoms with Crippen LogP contribution in [0.3, 0.4) is 0 Å². The van der Waals surface area contributed by atoms with E-state index in [1.54, 1.807) is 11.5 Å². The normalized spacial score (nSPS) is 21.9. The molecule has 22 heavy (non-hydrogen) atoms. The molecular formula is C14H22N4O4. The van der Waals surface area contributed by atoms with E-state index in [0.29, 0.717) is 18.9 Å². The molecule has 8 heteroatoms. The zero-order chi connectivity index (χ0) is 16.3. The van der Waals surface area contributed by atoms with Crippen LogP contribution in [-0.4, -0.2) is 49.6 Å². The quantitative estimate of drug-likeness (QED) is 0.648. The van der Waals surface area contributed by atoms with E-state index < -0.39 is 4.92 Å². The highest BCUT2D eigenvalue weighted by atomic mass is 16.6. The maximum atomic E-state index is 12.4. The Hall–Kier alpha value is -1.96. The number of likely N-dealkylation sites (tertiary alicyclic amines) is 1. The Morgan fingerprint density at radius 1 is 1.55 bits per heavy atom. The summed E-state index contributed by atoms with van der Waals surface area (Å²) in [6, 6.07) is 0.175. The molecule has 122 valence electrons. The maximum Gasteiger partial charge on any atom is 0.381 e. The monoisotopic (exact) mass is 310 g/mol. The summed E-state index contributed by atoms with van der Waals surface area (Å²) in [5.74, 6) is 0.494. The van der Waals surface area contributed by atoms with E-state index in [1.165, 1.54) is 6.20 Å². The first-order chi connectivity index (χ1) is 10.4. The lowest BCUT2D eigenvalue weighted by atomic mass is 9.94. The Morgan fingerprint density at radius 2 is 2.27 bits per heavy atom. The van der Waals surface area contributed by atoms with Gasteiger partial charge in [-0.3, -0.25) is 4.79 Å². The Bertz CT molecular complexity index is 557. The molecule has 0 aromatic carbocycles. The highest BCUT2D eigenvalue weighted by Gasteiger charge is 2.28. The van der Waals surface area contributed by atoms with Crippen LogP contribution in [0.2, 0.25) is 0 Å². The summed E-state index contributed by atoms with van der Waals surface area (Å²) in [6.07, 6.45) is 3.47. The summed E-state index contributed by atoms with van der Waals surface area (Å²) >= 11 is 0. The molecule has 8 nitrogen and oxygen atoms in total. The summed E-state index contributed by atoms with van der Waals surface area (Å²) < 4.78 is 1.63. The van der Waals surface area contributed by atoms with Crippen molar-refractivity contribution in [3.63, 3.8) is 0 Å². The van der Waals surface area contributed by atoms with E-state index in [4.69, 9.17) is 0 Å². The van der Waals surface area contributed by atoms with Gasteiger partial charge in [-0.1, -0.05) is 0 Å². The summed E-state index contributed by atoms with van der Waals surface area (Å²) in [5.41, 5.74) is 0. The molecule has 1 fully saturated rings. The molecule has 1 aromatic rings. The molecule has 1 amide bonds. The van der Waals surface area contributed by atoms with Gasteiger partial charge in [-0.25, -0.2) is 0 Å². The smallest absolute Gasteiger partial charge is 0.381 e. The van der Waals surface area contributed by atoms with Crippen LogP contribution in [0.1, 0.15) is 32.0 Å². The zero-order valence-electron chi connectivity index (χ0n) is 12.9. The van der Waals surface area contributed by atoms with Gasteiger partial charge < -0.3 is 24.7 Å². The molecule has 2 heterocycles. The van der Waals surface area contributed by atoms with Crippen molar-refractivity contribution in [1.82, 2.24) is 14.5 Å². The Balaban J connectivity index is 1.95. The molecule has 1 aliphatic heterocycles. The van der Waals surface area contributed by atoms with E-state index in [1.807, 2.05) is 11.8 Å². The van der Waals surface area contributed by atoms with Crippen LogP contribution < -0.4 is 0 Å². The van der Waals surface area contributed by atoms with Gasteiger partial charge in [0.1, 0.15) is 6.20 Å². The SMILES string of the molecule is Cc1nc([N+](=O)[O-])cn1CCC(=O)N1CC(CO)CCC1C. The molecule has 2 atom stereocenters. The number of piperidine rings is 1. The first-order valence-corrected chi connectivity index (χ1v) is 7.50. The number of hydrogen-bond donors (Lipinski definition) is 1. The number of nitrogens with zero attached hydrogens (tertiary/aromatic N) is 4. The number of carbonyl (C=O) groups is 1. The number of aliphatic hydroxyl groups is 1. The molecule has 2 rings (SSSR count). The maximum absolute atomic E-state index is 12.4. The highest BCUT2D eigenvalue weighted by molar-refractivity contribution is 5.76. The molecular weight excluding hydrogens is 288 g/mol. The van der Waals surface area contributed by atoms with Gasteiger partial charge in [-0.2, -0.15) is 0 Å². The molecule has 0 aliphatic carbocycles. The van der Waals surface area contributed by atoms with Crippen molar-refractivity contribution in [2.24, 2.45) is 5.92 Å². The topological polar surface area (TPSA) is 102 Å². The van der Waals surface area contributed by atoms with Gasteiger partial charge in [0, 0.05) is 39.1 Å². The average Bonchev–Trinajstić information content (AvgIpc) is 2.87. The second kappa shape index (κ2) is 6.87. The summed E-state index contributed by atoms with van der Waals surface area (Å²) in [4.78, 5) is 28.2. The van der Waals surface area contributed by atoms with Gasteiger partial charge in [0.05, 0.1) is 0 Å². The van der Waals surface area contributed by atoms with Crippen LogP contribution >= 0.6 is 0 Å². The van der Waals surface area contributed by atoms with Gasteiger partial charge in [-0.15, -0.1) is 0 Å². The van der Waals surface area contributed by atoms with Gasteiger partial charge in [0.2, 0.25) is 11.7 Å². The number of imidazole rings is 1. The Morgan fingerprint density at radius 3 is 2.86 bits per heavy atom. The van der Waals surface area contributed by atoms with Crippen LogP contribution in [0, 0.1) is 23.0 Å². The second-order valence-electron chi connectivity index (χ2n) is 5.87. The number of hydrogen-bond acceptors (Lipinski definition) is 5. The minimum Gasteiger partial charge on any atom is -0.396 e. The number of aromatic nitrogens is 2. The Kier molecular flexibility index (Phi) is 5.12. The lowest BCUT2D eigenvalue weighted by Gasteiger charge is -2.37. The molecule has 0 bridgehead atoms. The minimum absolute atomic E-state index is 0.0152. The summed E-state index contributed by atoms with van der Waals surface area (Å²) in [6.45, 7) is 4.75. The van der Waals surface area contributed by atoms with Crippen molar-refractivity contribution < 1.29 is 14.8 Å². The molecule has 1 saturated heterocycles. The van der Waals surface area contributed by atoms with Crippen LogP contribution in [0.15, 0.2) is 6.20 Å². The minimum atomic E-state index is -0.538. The first kappa shape index (κ1) is 16.4. The fourth-order valence-corrected chi connectivity index (χ4v) is 2.84. The third-order valence-electron chi connectivity index (χ3n) is 4.28. The van der Waals surface area contributed by atoms with E-state index >= 15 is 0 Å². The molecule has 0 spiro atoms. The van der Waals surface area contributed by atoms with E-state index in [0.717, 1.165) is 12.8 Å². The number of aryl methyl sites for hydroxylation is 2. The largest absolute Gasteiger partial charge is 0.396 e. The summed E-state index contributed by atoms with van der Waals surface area (Å²) in [7, 11) is 0. The van der Waals surface area contributed by atoms with E-state index in [9.17, 15) is 20.0 Å². The van der Waals surface area contributed by atoms with Crippen molar-refractivity contribution in [1.29, 1.82) is 0 Å². The van der Waals surface area contributed by atoms with Gasteiger partial charge in [-0.05, 0) is 35.6 Å².